The Morgan fingerprint density at radius 2 is 2.19 bits per heavy atom. The highest BCUT2D eigenvalue weighted by Crippen LogP contribution is 2.14. The van der Waals surface area contributed by atoms with Crippen LogP contribution in [0.1, 0.15) is 19.8 Å². The molecular formula is C11H22N2O3. The van der Waals surface area contributed by atoms with E-state index >= 15 is 0 Å². The van der Waals surface area contributed by atoms with Gasteiger partial charge in [-0.05, 0) is 19.8 Å². The standard InChI is InChI=1S/C11H22N2O3/c1-11(8-12-9-11)16-7-10(14)13-5-3-4-6-15-2/h12H,3-9H2,1-2H3,(H,13,14). The van der Waals surface area contributed by atoms with Gasteiger partial charge < -0.3 is 20.1 Å². The number of unbranched alkanes of at least 4 members (excludes halogenated alkanes) is 1. The van der Waals surface area contributed by atoms with E-state index in [1.807, 2.05) is 6.92 Å². The van der Waals surface area contributed by atoms with Gasteiger partial charge in [-0.15, -0.1) is 0 Å². The summed E-state index contributed by atoms with van der Waals surface area (Å²) in [5, 5.41) is 5.94. The Hall–Kier alpha value is -0.650. The summed E-state index contributed by atoms with van der Waals surface area (Å²) in [6, 6.07) is 0. The minimum atomic E-state index is -0.145. The highest BCUT2D eigenvalue weighted by atomic mass is 16.5. The second-order valence-electron chi connectivity index (χ2n) is 4.39. The van der Waals surface area contributed by atoms with Crippen LogP contribution >= 0.6 is 0 Å². The molecule has 0 spiro atoms. The predicted molar refractivity (Wildman–Crippen MR) is 61.3 cm³/mol. The van der Waals surface area contributed by atoms with Crippen LogP contribution in [-0.4, -0.2) is 51.5 Å². The number of methoxy groups -OCH3 is 1. The van der Waals surface area contributed by atoms with Crippen molar-refractivity contribution in [1.29, 1.82) is 0 Å². The number of ether oxygens (including phenoxy) is 2. The van der Waals surface area contributed by atoms with Crippen LogP contribution in [0.25, 0.3) is 0 Å². The van der Waals surface area contributed by atoms with Crippen molar-refractivity contribution in [3.8, 4) is 0 Å². The molecule has 0 aromatic carbocycles. The van der Waals surface area contributed by atoms with Crippen molar-refractivity contribution in [1.82, 2.24) is 10.6 Å². The molecule has 1 saturated heterocycles. The van der Waals surface area contributed by atoms with E-state index in [9.17, 15) is 4.79 Å². The van der Waals surface area contributed by atoms with Gasteiger partial charge in [-0.2, -0.15) is 0 Å². The molecule has 0 aromatic rings. The maximum atomic E-state index is 11.4. The lowest BCUT2D eigenvalue weighted by Crippen LogP contribution is -2.59. The number of hydrogen-bond acceptors (Lipinski definition) is 4. The minimum absolute atomic E-state index is 0.0365. The summed E-state index contributed by atoms with van der Waals surface area (Å²) in [4.78, 5) is 11.4. The lowest BCUT2D eigenvalue weighted by atomic mass is 10.0. The summed E-state index contributed by atoms with van der Waals surface area (Å²) in [7, 11) is 1.68. The van der Waals surface area contributed by atoms with Crippen LogP contribution in [0.4, 0.5) is 0 Å². The molecular weight excluding hydrogens is 208 g/mol. The summed E-state index contributed by atoms with van der Waals surface area (Å²) >= 11 is 0. The molecule has 1 rings (SSSR count). The average molecular weight is 230 g/mol. The molecule has 0 saturated carbocycles. The van der Waals surface area contributed by atoms with Gasteiger partial charge in [0, 0.05) is 33.4 Å². The first kappa shape index (κ1) is 13.4. The van der Waals surface area contributed by atoms with Gasteiger partial charge in [0.15, 0.2) is 0 Å². The van der Waals surface area contributed by atoms with Crippen LogP contribution < -0.4 is 10.6 Å². The van der Waals surface area contributed by atoms with Crippen LogP contribution in [0, 0.1) is 0 Å². The smallest absolute Gasteiger partial charge is 0.246 e. The highest BCUT2D eigenvalue weighted by molar-refractivity contribution is 5.77. The monoisotopic (exact) mass is 230 g/mol. The van der Waals surface area contributed by atoms with E-state index in [0.29, 0.717) is 6.54 Å². The molecule has 0 radical (unpaired) electrons. The summed E-state index contributed by atoms with van der Waals surface area (Å²) in [5.74, 6) is -0.0365. The van der Waals surface area contributed by atoms with Gasteiger partial charge in [-0.25, -0.2) is 0 Å². The molecule has 0 aliphatic carbocycles. The van der Waals surface area contributed by atoms with Crippen molar-refractivity contribution in [2.75, 3.05) is 40.0 Å². The molecule has 2 N–H and O–H groups in total. The van der Waals surface area contributed by atoms with E-state index < -0.39 is 0 Å². The number of carbonyl (C=O) groups is 1. The van der Waals surface area contributed by atoms with Crippen molar-refractivity contribution in [3.05, 3.63) is 0 Å². The lowest BCUT2D eigenvalue weighted by Gasteiger charge is -2.38. The molecule has 0 aromatic heterocycles. The Labute approximate surface area is 96.9 Å². The first-order chi connectivity index (χ1) is 7.66. The summed E-state index contributed by atoms with van der Waals surface area (Å²) < 4.78 is 10.4. The van der Waals surface area contributed by atoms with Crippen molar-refractivity contribution < 1.29 is 14.3 Å². The minimum Gasteiger partial charge on any atom is -0.385 e. The third kappa shape index (κ3) is 4.92. The van der Waals surface area contributed by atoms with Gasteiger partial charge >= 0.3 is 0 Å². The van der Waals surface area contributed by atoms with E-state index in [0.717, 1.165) is 32.5 Å². The van der Waals surface area contributed by atoms with E-state index in [-0.39, 0.29) is 18.1 Å². The van der Waals surface area contributed by atoms with E-state index in [1.165, 1.54) is 0 Å². The third-order valence-electron chi connectivity index (χ3n) is 2.65. The van der Waals surface area contributed by atoms with Crippen LogP contribution in [0.5, 0.6) is 0 Å². The first-order valence-corrected chi connectivity index (χ1v) is 5.77. The maximum Gasteiger partial charge on any atom is 0.246 e. The molecule has 1 fully saturated rings. The molecule has 1 aliphatic rings. The van der Waals surface area contributed by atoms with Crippen molar-refractivity contribution in [3.63, 3.8) is 0 Å². The molecule has 1 aliphatic heterocycles. The Balaban J connectivity index is 1.94. The number of rotatable bonds is 8. The summed E-state index contributed by atoms with van der Waals surface area (Å²) in [6.45, 7) is 5.26. The topological polar surface area (TPSA) is 59.6 Å². The van der Waals surface area contributed by atoms with Crippen molar-refractivity contribution in [2.45, 2.75) is 25.4 Å². The fourth-order valence-electron chi connectivity index (χ4n) is 1.47. The zero-order chi connectivity index (χ0) is 11.9. The Kier molecular flexibility index (Phi) is 5.73. The molecule has 16 heavy (non-hydrogen) atoms. The van der Waals surface area contributed by atoms with Crippen molar-refractivity contribution >= 4 is 5.91 Å². The summed E-state index contributed by atoms with van der Waals surface area (Å²) in [6.07, 6.45) is 1.91. The molecule has 5 nitrogen and oxygen atoms in total. The van der Waals surface area contributed by atoms with Gasteiger partial charge in [-0.3, -0.25) is 4.79 Å². The van der Waals surface area contributed by atoms with Crippen LogP contribution in [-0.2, 0) is 14.3 Å². The van der Waals surface area contributed by atoms with Gasteiger partial charge in [0.25, 0.3) is 0 Å². The zero-order valence-corrected chi connectivity index (χ0v) is 10.2. The number of amides is 1. The van der Waals surface area contributed by atoms with Gasteiger partial charge in [0.05, 0.1) is 5.60 Å². The first-order valence-electron chi connectivity index (χ1n) is 5.77. The molecule has 5 heteroatoms. The molecule has 1 heterocycles. The van der Waals surface area contributed by atoms with Crippen LogP contribution in [0.15, 0.2) is 0 Å². The average Bonchev–Trinajstić information content (AvgIpc) is 2.23. The van der Waals surface area contributed by atoms with E-state index in [2.05, 4.69) is 10.6 Å². The molecule has 0 bridgehead atoms. The second-order valence-corrected chi connectivity index (χ2v) is 4.39. The largest absolute Gasteiger partial charge is 0.385 e. The zero-order valence-electron chi connectivity index (χ0n) is 10.2. The Morgan fingerprint density at radius 1 is 1.44 bits per heavy atom. The normalized spacial score (nSPS) is 17.9. The second kappa shape index (κ2) is 6.83. The quantitative estimate of drug-likeness (QED) is 0.572. The third-order valence-corrected chi connectivity index (χ3v) is 2.65. The molecule has 0 atom stereocenters. The van der Waals surface area contributed by atoms with Gasteiger partial charge in [-0.1, -0.05) is 0 Å². The van der Waals surface area contributed by atoms with E-state index in [4.69, 9.17) is 9.47 Å². The SMILES string of the molecule is COCCCCNC(=O)COC1(C)CNC1. The lowest BCUT2D eigenvalue weighted by molar-refractivity contribution is -0.135. The summed E-state index contributed by atoms with van der Waals surface area (Å²) in [5.41, 5.74) is -0.145. The van der Waals surface area contributed by atoms with Crippen LogP contribution in [0.3, 0.4) is 0 Å². The predicted octanol–water partition coefficient (Wildman–Crippen LogP) is -0.0923. The van der Waals surface area contributed by atoms with Crippen molar-refractivity contribution in [2.24, 2.45) is 0 Å². The molecule has 1 amide bonds. The van der Waals surface area contributed by atoms with Gasteiger partial charge in [0.1, 0.15) is 6.61 Å². The Morgan fingerprint density at radius 3 is 2.75 bits per heavy atom. The van der Waals surface area contributed by atoms with Gasteiger partial charge in [0.2, 0.25) is 5.91 Å². The number of hydrogen-bond donors (Lipinski definition) is 2. The molecule has 0 unspecified atom stereocenters. The molecule has 94 valence electrons. The highest BCUT2D eigenvalue weighted by Gasteiger charge is 2.32. The van der Waals surface area contributed by atoms with Crippen LogP contribution in [0.2, 0.25) is 0 Å². The van der Waals surface area contributed by atoms with E-state index in [1.54, 1.807) is 7.11 Å². The fraction of sp³-hybridized carbons (Fsp3) is 0.909. The fourth-order valence-corrected chi connectivity index (χ4v) is 1.47. The number of nitrogens with one attached hydrogen (secondary N) is 2. The number of carbonyl (C=O) groups excluding carboxylic acids is 1. The maximum absolute atomic E-state index is 11.4. The Bertz CT molecular complexity index is 217.